The number of nitrogens with one attached hydrogen (secondary N) is 1. The van der Waals surface area contributed by atoms with E-state index < -0.39 is 5.60 Å². The van der Waals surface area contributed by atoms with Crippen LogP contribution < -0.4 is 5.32 Å². The predicted molar refractivity (Wildman–Crippen MR) is 68.9 cm³/mol. The van der Waals surface area contributed by atoms with Gasteiger partial charge in [-0.05, 0) is 63.5 Å². The molecule has 0 aromatic rings. The molecule has 1 heterocycles. The summed E-state index contributed by atoms with van der Waals surface area (Å²) in [5.41, 5.74) is -0.408. The number of aliphatic hydroxyl groups is 1. The topological polar surface area (TPSA) is 35.5 Å². The Morgan fingerprint density at radius 3 is 2.00 bits per heavy atom. The summed E-state index contributed by atoms with van der Waals surface area (Å²) in [6.07, 6.45) is 7.53. The molecule has 1 saturated heterocycles. The van der Waals surface area contributed by atoms with Gasteiger partial charge in [-0.25, -0.2) is 0 Å². The highest BCUT2D eigenvalue weighted by atomic mass is 16.3. The number of hydrogen-bond acceptors (Lipinski definition) is 3. The molecule has 3 fully saturated rings. The lowest BCUT2D eigenvalue weighted by Crippen LogP contribution is -2.50. The van der Waals surface area contributed by atoms with Crippen LogP contribution in [0.5, 0.6) is 0 Å². The average Bonchev–Trinajstić information content (AvgIpc) is 3.14. The molecule has 0 unspecified atom stereocenters. The molecule has 2 saturated carbocycles. The summed E-state index contributed by atoms with van der Waals surface area (Å²) in [7, 11) is 0. The second kappa shape index (κ2) is 4.87. The fraction of sp³-hybridized carbons (Fsp3) is 1.00. The van der Waals surface area contributed by atoms with Gasteiger partial charge in [0.15, 0.2) is 0 Å². The van der Waals surface area contributed by atoms with Crippen LogP contribution in [0.2, 0.25) is 0 Å². The number of piperidine rings is 1. The van der Waals surface area contributed by atoms with Crippen molar-refractivity contribution in [3.05, 3.63) is 0 Å². The number of hydrogen-bond donors (Lipinski definition) is 2. The Labute approximate surface area is 105 Å². The molecule has 17 heavy (non-hydrogen) atoms. The molecular formula is C14H26N2O. The quantitative estimate of drug-likeness (QED) is 0.730. The van der Waals surface area contributed by atoms with Crippen molar-refractivity contribution in [3.8, 4) is 0 Å². The maximum atomic E-state index is 10.6. The fourth-order valence-electron chi connectivity index (χ4n) is 3.00. The van der Waals surface area contributed by atoms with Crippen molar-refractivity contribution in [1.29, 1.82) is 0 Å². The van der Waals surface area contributed by atoms with Crippen molar-refractivity contribution in [2.75, 3.05) is 32.7 Å². The molecule has 0 radical (unpaired) electrons. The van der Waals surface area contributed by atoms with Crippen molar-refractivity contribution in [1.82, 2.24) is 10.2 Å². The molecule has 2 aliphatic carbocycles. The first-order valence-electron chi connectivity index (χ1n) is 7.39. The lowest BCUT2D eigenvalue weighted by molar-refractivity contribution is -0.0227. The summed E-state index contributed by atoms with van der Waals surface area (Å²) in [6, 6.07) is 0. The van der Waals surface area contributed by atoms with Gasteiger partial charge < -0.3 is 10.4 Å². The van der Waals surface area contributed by atoms with Crippen LogP contribution in [0, 0.1) is 11.8 Å². The average molecular weight is 238 g/mol. The molecule has 3 heteroatoms. The van der Waals surface area contributed by atoms with Crippen LogP contribution in [0.3, 0.4) is 0 Å². The van der Waals surface area contributed by atoms with Crippen LogP contribution in [0.1, 0.15) is 38.5 Å². The van der Waals surface area contributed by atoms with Gasteiger partial charge in [0.05, 0.1) is 5.60 Å². The van der Waals surface area contributed by atoms with E-state index in [1.807, 2.05) is 0 Å². The number of rotatable bonds is 6. The summed E-state index contributed by atoms with van der Waals surface area (Å²) in [6.45, 7) is 5.37. The first-order chi connectivity index (χ1) is 8.23. The van der Waals surface area contributed by atoms with E-state index in [9.17, 15) is 5.11 Å². The van der Waals surface area contributed by atoms with Crippen LogP contribution in [-0.4, -0.2) is 48.3 Å². The van der Waals surface area contributed by atoms with Gasteiger partial charge in [-0.3, -0.25) is 4.90 Å². The lowest BCUT2D eigenvalue weighted by Gasteiger charge is -2.37. The van der Waals surface area contributed by atoms with E-state index in [0.29, 0.717) is 0 Å². The highest BCUT2D eigenvalue weighted by molar-refractivity contribution is 4.90. The molecule has 1 aliphatic heterocycles. The van der Waals surface area contributed by atoms with E-state index in [1.165, 1.54) is 38.8 Å². The normalized spacial score (nSPS) is 28.6. The maximum absolute atomic E-state index is 10.6. The van der Waals surface area contributed by atoms with Crippen LogP contribution in [-0.2, 0) is 0 Å². The Morgan fingerprint density at radius 2 is 1.53 bits per heavy atom. The summed E-state index contributed by atoms with van der Waals surface area (Å²) in [4.78, 5) is 2.57. The van der Waals surface area contributed by atoms with E-state index in [2.05, 4.69) is 10.2 Å². The summed E-state index contributed by atoms with van der Waals surface area (Å²) in [5.74, 6) is 1.89. The van der Waals surface area contributed by atoms with Crippen molar-refractivity contribution in [2.24, 2.45) is 11.8 Å². The van der Waals surface area contributed by atoms with E-state index in [4.69, 9.17) is 0 Å². The summed E-state index contributed by atoms with van der Waals surface area (Å²) < 4.78 is 0. The standard InChI is InChI=1S/C14H26N2O/c17-14(5-7-15-8-6-14)11-16(9-12-1-2-12)10-13-3-4-13/h12-13,15,17H,1-11H2. The Balaban J connectivity index is 1.52. The Kier molecular flexibility index (Phi) is 3.42. The van der Waals surface area contributed by atoms with Gasteiger partial charge in [0.2, 0.25) is 0 Å². The monoisotopic (exact) mass is 238 g/mol. The predicted octanol–water partition coefficient (Wildman–Crippen LogP) is 1.22. The third-order valence-electron chi connectivity index (χ3n) is 4.48. The minimum atomic E-state index is -0.408. The third kappa shape index (κ3) is 3.67. The lowest BCUT2D eigenvalue weighted by atomic mass is 9.91. The highest BCUT2D eigenvalue weighted by Gasteiger charge is 2.35. The van der Waals surface area contributed by atoms with Crippen LogP contribution in [0.4, 0.5) is 0 Å². The Bertz CT molecular complexity index is 241. The maximum Gasteiger partial charge on any atom is 0.0798 e. The molecule has 0 bridgehead atoms. The van der Waals surface area contributed by atoms with Crippen molar-refractivity contribution in [3.63, 3.8) is 0 Å². The molecule has 0 aromatic carbocycles. The molecular weight excluding hydrogens is 212 g/mol. The van der Waals surface area contributed by atoms with Gasteiger partial charge in [-0.1, -0.05) is 0 Å². The first-order valence-corrected chi connectivity index (χ1v) is 7.39. The molecule has 98 valence electrons. The van der Waals surface area contributed by atoms with Gasteiger partial charge in [0, 0.05) is 19.6 Å². The van der Waals surface area contributed by atoms with Crippen LogP contribution >= 0.6 is 0 Å². The molecule has 0 atom stereocenters. The van der Waals surface area contributed by atoms with Crippen molar-refractivity contribution < 1.29 is 5.11 Å². The molecule has 0 spiro atoms. The zero-order chi connectivity index (χ0) is 11.7. The first kappa shape index (κ1) is 11.9. The molecule has 3 nitrogen and oxygen atoms in total. The second-order valence-corrected chi connectivity index (χ2v) is 6.56. The number of nitrogens with zero attached hydrogens (tertiary/aromatic N) is 1. The van der Waals surface area contributed by atoms with E-state index in [-0.39, 0.29) is 0 Å². The minimum Gasteiger partial charge on any atom is -0.388 e. The largest absolute Gasteiger partial charge is 0.388 e. The van der Waals surface area contributed by atoms with Crippen LogP contribution in [0.15, 0.2) is 0 Å². The van der Waals surface area contributed by atoms with E-state index in [0.717, 1.165) is 44.3 Å². The van der Waals surface area contributed by atoms with E-state index >= 15 is 0 Å². The van der Waals surface area contributed by atoms with Gasteiger partial charge in [-0.2, -0.15) is 0 Å². The van der Waals surface area contributed by atoms with Crippen molar-refractivity contribution >= 4 is 0 Å². The smallest absolute Gasteiger partial charge is 0.0798 e. The zero-order valence-corrected chi connectivity index (χ0v) is 10.8. The third-order valence-corrected chi connectivity index (χ3v) is 4.48. The zero-order valence-electron chi connectivity index (χ0n) is 10.8. The molecule has 3 rings (SSSR count). The van der Waals surface area contributed by atoms with Gasteiger partial charge in [0.1, 0.15) is 0 Å². The second-order valence-electron chi connectivity index (χ2n) is 6.56. The van der Waals surface area contributed by atoms with Crippen molar-refractivity contribution in [2.45, 2.75) is 44.1 Å². The summed E-state index contributed by atoms with van der Waals surface area (Å²) in [5, 5.41) is 14.0. The van der Waals surface area contributed by atoms with Gasteiger partial charge in [-0.15, -0.1) is 0 Å². The van der Waals surface area contributed by atoms with E-state index in [1.54, 1.807) is 0 Å². The fourth-order valence-corrected chi connectivity index (χ4v) is 3.00. The molecule has 0 aromatic heterocycles. The van der Waals surface area contributed by atoms with Crippen LogP contribution in [0.25, 0.3) is 0 Å². The summed E-state index contributed by atoms with van der Waals surface area (Å²) >= 11 is 0. The highest BCUT2D eigenvalue weighted by Crippen LogP contribution is 2.34. The SMILES string of the molecule is OC1(CN(CC2CC2)CC2CC2)CCNCC1. The van der Waals surface area contributed by atoms with Gasteiger partial charge in [0.25, 0.3) is 0 Å². The van der Waals surface area contributed by atoms with Gasteiger partial charge >= 0.3 is 0 Å². The Hall–Kier alpha value is -0.120. The molecule has 3 aliphatic rings. The molecule has 2 N–H and O–H groups in total. The Morgan fingerprint density at radius 1 is 1.00 bits per heavy atom. The minimum absolute atomic E-state index is 0.408. The molecule has 0 amide bonds.